The van der Waals surface area contributed by atoms with Gasteiger partial charge in [-0.3, -0.25) is 9.63 Å². The Hall–Kier alpha value is -2.22. The maximum Gasteiger partial charge on any atom is 0.341 e. The fourth-order valence-electron chi connectivity index (χ4n) is 1.52. The van der Waals surface area contributed by atoms with Crippen LogP contribution < -0.4 is 5.32 Å². The van der Waals surface area contributed by atoms with Crippen molar-refractivity contribution in [1.82, 2.24) is 10.4 Å². The van der Waals surface area contributed by atoms with Gasteiger partial charge in [0.05, 0.1) is 19.6 Å². The number of carbonyl (C=O) groups is 2. The Morgan fingerprint density at radius 3 is 2.60 bits per heavy atom. The lowest BCUT2D eigenvalue weighted by Crippen LogP contribution is -2.39. The van der Waals surface area contributed by atoms with E-state index in [4.69, 9.17) is 5.11 Å². The molecule has 1 aromatic rings. The maximum atomic E-state index is 13.7. The molecule has 1 aromatic carbocycles. The summed E-state index contributed by atoms with van der Waals surface area (Å²) in [6, 6.07) is 0.807. The highest BCUT2D eigenvalue weighted by Gasteiger charge is 2.23. The van der Waals surface area contributed by atoms with Crippen molar-refractivity contribution in [2.75, 3.05) is 14.2 Å². The van der Waals surface area contributed by atoms with Crippen molar-refractivity contribution >= 4 is 12.0 Å². The molecule has 0 heterocycles. The Kier molecular flexibility index (Phi) is 5.39. The molecule has 8 heteroatoms. The SMILES string of the molecule is CON(C)C(=O)NC(CC(=O)O)c1ccc(F)cc1F. The highest BCUT2D eigenvalue weighted by molar-refractivity contribution is 5.75. The minimum atomic E-state index is -1.24. The molecule has 2 N–H and O–H groups in total. The standard InChI is InChI=1S/C12H14F2N2O4/c1-16(20-2)12(19)15-10(6-11(17)18)8-4-3-7(13)5-9(8)14/h3-5,10H,6H2,1-2H3,(H,15,19)(H,17,18). The van der Waals surface area contributed by atoms with Crippen LogP contribution in [0.5, 0.6) is 0 Å². The molecule has 1 unspecified atom stereocenters. The van der Waals surface area contributed by atoms with E-state index in [-0.39, 0.29) is 5.56 Å². The Bertz CT molecular complexity index is 510. The molecule has 20 heavy (non-hydrogen) atoms. The number of rotatable bonds is 5. The number of carboxylic acid groups (broad SMARTS) is 1. The second kappa shape index (κ2) is 6.80. The summed E-state index contributed by atoms with van der Waals surface area (Å²) in [5.74, 6) is -2.96. The van der Waals surface area contributed by atoms with Gasteiger partial charge < -0.3 is 10.4 Å². The molecule has 0 saturated carbocycles. The molecule has 2 amide bonds. The van der Waals surface area contributed by atoms with Crippen LogP contribution in [0.1, 0.15) is 18.0 Å². The molecule has 1 rings (SSSR count). The summed E-state index contributed by atoms with van der Waals surface area (Å²) in [6.45, 7) is 0. The minimum Gasteiger partial charge on any atom is -0.481 e. The third kappa shape index (κ3) is 4.16. The lowest BCUT2D eigenvalue weighted by atomic mass is 10.0. The number of amides is 2. The zero-order valence-corrected chi connectivity index (χ0v) is 10.9. The summed E-state index contributed by atoms with van der Waals surface area (Å²) in [7, 11) is 2.54. The number of carbonyl (C=O) groups excluding carboxylic acids is 1. The number of hydroxylamine groups is 2. The average Bonchev–Trinajstić information content (AvgIpc) is 2.36. The summed E-state index contributed by atoms with van der Waals surface area (Å²) in [4.78, 5) is 27.0. The van der Waals surface area contributed by atoms with Gasteiger partial charge >= 0.3 is 12.0 Å². The molecule has 1 atom stereocenters. The van der Waals surface area contributed by atoms with E-state index in [0.29, 0.717) is 6.07 Å². The predicted molar refractivity (Wildman–Crippen MR) is 64.7 cm³/mol. The van der Waals surface area contributed by atoms with Crippen molar-refractivity contribution in [2.24, 2.45) is 0 Å². The molecule has 110 valence electrons. The van der Waals surface area contributed by atoms with Gasteiger partial charge in [0.25, 0.3) is 0 Å². The van der Waals surface area contributed by atoms with Crippen LogP contribution in [0.3, 0.4) is 0 Å². The van der Waals surface area contributed by atoms with Crippen LogP contribution in [0.25, 0.3) is 0 Å². The first kappa shape index (κ1) is 15.8. The summed E-state index contributed by atoms with van der Waals surface area (Å²) >= 11 is 0. The van der Waals surface area contributed by atoms with Gasteiger partial charge in [0, 0.05) is 18.7 Å². The van der Waals surface area contributed by atoms with Crippen LogP contribution in [0.2, 0.25) is 0 Å². The minimum absolute atomic E-state index is 0.119. The van der Waals surface area contributed by atoms with E-state index in [1.807, 2.05) is 0 Å². The van der Waals surface area contributed by atoms with Gasteiger partial charge in [-0.1, -0.05) is 6.07 Å². The van der Waals surface area contributed by atoms with Crippen molar-refractivity contribution in [2.45, 2.75) is 12.5 Å². The molecular formula is C12H14F2N2O4. The molecule has 0 aromatic heterocycles. The van der Waals surface area contributed by atoms with Gasteiger partial charge in [-0.25, -0.2) is 18.6 Å². The van der Waals surface area contributed by atoms with Crippen LogP contribution in [-0.4, -0.2) is 36.3 Å². The van der Waals surface area contributed by atoms with E-state index in [1.165, 1.54) is 14.2 Å². The van der Waals surface area contributed by atoms with E-state index in [2.05, 4.69) is 10.2 Å². The fourth-order valence-corrected chi connectivity index (χ4v) is 1.52. The van der Waals surface area contributed by atoms with Gasteiger partial charge in [0.15, 0.2) is 0 Å². The van der Waals surface area contributed by atoms with E-state index in [0.717, 1.165) is 17.2 Å². The van der Waals surface area contributed by atoms with Crippen LogP contribution in [0, 0.1) is 11.6 Å². The predicted octanol–water partition coefficient (Wildman–Crippen LogP) is 1.68. The first-order valence-corrected chi connectivity index (χ1v) is 5.60. The summed E-state index contributed by atoms with van der Waals surface area (Å²) in [6.07, 6.45) is -0.550. The van der Waals surface area contributed by atoms with E-state index < -0.39 is 36.1 Å². The second-order valence-electron chi connectivity index (χ2n) is 3.95. The Labute approximate surface area is 113 Å². The Morgan fingerprint density at radius 1 is 1.45 bits per heavy atom. The smallest absolute Gasteiger partial charge is 0.341 e. The van der Waals surface area contributed by atoms with Gasteiger partial charge in [-0.2, -0.15) is 0 Å². The largest absolute Gasteiger partial charge is 0.481 e. The first-order chi connectivity index (χ1) is 9.35. The molecule has 0 fully saturated rings. The molecule has 0 bridgehead atoms. The van der Waals surface area contributed by atoms with E-state index in [9.17, 15) is 18.4 Å². The van der Waals surface area contributed by atoms with Gasteiger partial charge in [-0.15, -0.1) is 0 Å². The van der Waals surface area contributed by atoms with Gasteiger partial charge in [0.1, 0.15) is 11.6 Å². The maximum absolute atomic E-state index is 13.7. The van der Waals surface area contributed by atoms with Crippen molar-refractivity contribution in [3.63, 3.8) is 0 Å². The lowest BCUT2D eigenvalue weighted by molar-refractivity contribution is -0.137. The molecule has 0 spiro atoms. The highest BCUT2D eigenvalue weighted by Crippen LogP contribution is 2.21. The van der Waals surface area contributed by atoms with Gasteiger partial charge in [-0.05, 0) is 6.07 Å². The first-order valence-electron chi connectivity index (χ1n) is 5.60. The van der Waals surface area contributed by atoms with Crippen LogP contribution in [0.4, 0.5) is 13.6 Å². The number of benzene rings is 1. The second-order valence-corrected chi connectivity index (χ2v) is 3.95. The van der Waals surface area contributed by atoms with Crippen LogP contribution in [0.15, 0.2) is 18.2 Å². The number of nitrogens with zero attached hydrogens (tertiary/aromatic N) is 1. The monoisotopic (exact) mass is 288 g/mol. The van der Waals surface area contributed by atoms with Crippen molar-refractivity contribution in [1.29, 1.82) is 0 Å². The molecule has 0 aliphatic carbocycles. The third-order valence-corrected chi connectivity index (χ3v) is 2.57. The summed E-state index contributed by atoms with van der Waals surface area (Å²) in [5.41, 5.74) is -0.119. The zero-order chi connectivity index (χ0) is 15.3. The Balaban J connectivity index is 2.99. The molecular weight excluding hydrogens is 274 g/mol. The van der Waals surface area contributed by atoms with Crippen LogP contribution in [-0.2, 0) is 9.63 Å². The van der Waals surface area contributed by atoms with Crippen molar-refractivity contribution in [3.05, 3.63) is 35.4 Å². The van der Waals surface area contributed by atoms with E-state index in [1.54, 1.807) is 0 Å². The molecule has 0 aliphatic rings. The fraction of sp³-hybridized carbons (Fsp3) is 0.333. The van der Waals surface area contributed by atoms with Crippen molar-refractivity contribution < 1.29 is 28.3 Å². The molecule has 0 aliphatic heterocycles. The van der Waals surface area contributed by atoms with Crippen LogP contribution >= 0.6 is 0 Å². The van der Waals surface area contributed by atoms with E-state index >= 15 is 0 Å². The average molecular weight is 288 g/mol. The topological polar surface area (TPSA) is 78.9 Å². The number of hydrogen-bond acceptors (Lipinski definition) is 3. The lowest BCUT2D eigenvalue weighted by Gasteiger charge is -2.21. The van der Waals surface area contributed by atoms with Crippen molar-refractivity contribution in [3.8, 4) is 0 Å². The highest BCUT2D eigenvalue weighted by atomic mass is 19.1. The zero-order valence-electron chi connectivity index (χ0n) is 10.9. The number of hydrogen-bond donors (Lipinski definition) is 2. The number of nitrogens with one attached hydrogen (secondary N) is 1. The molecule has 0 radical (unpaired) electrons. The quantitative estimate of drug-likeness (QED) is 0.808. The van der Waals surface area contributed by atoms with Gasteiger partial charge in [0.2, 0.25) is 0 Å². The number of carboxylic acids is 1. The summed E-state index contributed by atoms with van der Waals surface area (Å²) in [5, 5.41) is 11.9. The number of aliphatic carboxylic acids is 1. The number of urea groups is 1. The Morgan fingerprint density at radius 2 is 2.10 bits per heavy atom. The third-order valence-electron chi connectivity index (χ3n) is 2.57. The summed E-state index contributed by atoms with van der Waals surface area (Å²) < 4.78 is 26.5. The molecule has 0 saturated heterocycles. The molecule has 6 nitrogen and oxygen atoms in total. The normalized spacial score (nSPS) is 11.8. The number of halogens is 2.